The average Bonchev–Trinajstić information content (AvgIpc) is 2.80. The highest BCUT2D eigenvalue weighted by atomic mass is 16.5. The lowest BCUT2D eigenvalue weighted by molar-refractivity contribution is 0.417. The van der Waals surface area contributed by atoms with Crippen LogP contribution >= 0.6 is 0 Å². The van der Waals surface area contributed by atoms with E-state index in [0.717, 1.165) is 40.5 Å². The molecule has 2 heterocycles. The molecule has 0 saturated heterocycles. The number of hydrogen-bond donors (Lipinski definition) is 1. The summed E-state index contributed by atoms with van der Waals surface area (Å²) in [7, 11) is 0. The largest absolute Gasteiger partial charge is 0.367 e. The molecule has 2 aromatic heterocycles. The number of nitrogens with two attached hydrogens (primary N) is 1. The number of nitrogen functional groups attached to an aromatic ring is 1. The minimum atomic E-state index is 0.435. The fraction of sp³-hybridized carbons (Fsp3) is 0.500. The van der Waals surface area contributed by atoms with Gasteiger partial charge < -0.3 is 10.3 Å². The number of rotatable bonds is 2. The quantitative estimate of drug-likeness (QED) is 0.908. The van der Waals surface area contributed by atoms with Gasteiger partial charge in [-0.3, -0.25) is 4.98 Å². The van der Waals surface area contributed by atoms with E-state index in [2.05, 4.69) is 10.1 Å². The predicted octanol–water partition coefficient (Wildman–Crippen LogP) is 3.08. The molecule has 3 aliphatic rings. The maximum Gasteiger partial charge on any atom is 0.230 e. The molecule has 2 N–H and O–H groups in total. The van der Waals surface area contributed by atoms with Gasteiger partial charge in [0.2, 0.25) is 5.88 Å². The molecule has 3 fully saturated rings. The second-order valence-corrected chi connectivity index (χ2v) is 6.56. The smallest absolute Gasteiger partial charge is 0.230 e. The molecule has 4 nitrogen and oxygen atoms in total. The molecule has 4 atom stereocenters. The molecule has 102 valence electrons. The van der Waals surface area contributed by atoms with Crippen LogP contribution in [0, 0.1) is 23.7 Å². The Labute approximate surface area is 117 Å². The van der Waals surface area contributed by atoms with E-state index in [-0.39, 0.29) is 0 Å². The SMILES string of the molecule is Nc1onc(C2C3C4CCC(C4)C23)c1-c1cccnc1. The fourth-order valence-electron chi connectivity index (χ4n) is 5.03. The lowest BCUT2D eigenvalue weighted by atomic mass is 9.96. The van der Waals surface area contributed by atoms with Crippen molar-refractivity contribution < 1.29 is 4.52 Å². The summed E-state index contributed by atoms with van der Waals surface area (Å²) in [5.74, 6) is 4.55. The maximum absolute atomic E-state index is 6.02. The van der Waals surface area contributed by atoms with Gasteiger partial charge in [0.15, 0.2) is 0 Å². The molecular weight excluding hydrogens is 250 g/mol. The number of hydrogen-bond acceptors (Lipinski definition) is 4. The first kappa shape index (κ1) is 10.9. The van der Waals surface area contributed by atoms with Gasteiger partial charge in [-0.15, -0.1) is 0 Å². The van der Waals surface area contributed by atoms with Crippen LogP contribution in [0.15, 0.2) is 29.0 Å². The number of anilines is 1. The molecule has 2 aromatic rings. The second-order valence-electron chi connectivity index (χ2n) is 6.56. The summed E-state index contributed by atoms with van der Waals surface area (Å²) in [6.07, 6.45) is 7.90. The summed E-state index contributed by atoms with van der Waals surface area (Å²) >= 11 is 0. The average molecular weight is 267 g/mol. The van der Waals surface area contributed by atoms with E-state index in [0.29, 0.717) is 11.8 Å². The zero-order chi connectivity index (χ0) is 13.3. The van der Waals surface area contributed by atoms with Crippen LogP contribution in [0.1, 0.15) is 30.9 Å². The highest BCUT2D eigenvalue weighted by Crippen LogP contribution is 2.73. The number of aromatic nitrogens is 2. The zero-order valence-corrected chi connectivity index (χ0v) is 11.2. The Balaban J connectivity index is 1.58. The first-order chi connectivity index (χ1) is 9.84. The highest BCUT2D eigenvalue weighted by Gasteiger charge is 2.66. The van der Waals surface area contributed by atoms with Crippen LogP contribution in [0.3, 0.4) is 0 Å². The number of nitrogens with zero attached hydrogens (tertiary/aromatic N) is 2. The molecule has 0 radical (unpaired) electrons. The van der Waals surface area contributed by atoms with E-state index < -0.39 is 0 Å². The van der Waals surface area contributed by atoms with Crippen LogP contribution < -0.4 is 5.73 Å². The van der Waals surface area contributed by atoms with Gasteiger partial charge in [0.1, 0.15) is 0 Å². The van der Waals surface area contributed by atoms with Crippen molar-refractivity contribution in [3.8, 4) is 11.1 Å². The minimum absolute atomic E-state index is 0.435. The monoisotopic (exact) mass is 267 g/mol. The van der Waals surface area contributed by atoms with Crippen molar-refractivity contribution in [3.05, 3.63) is 30.2 Å². The van der Waals surface area contributed by atoms with Crippen LogP contribution in [0.5, 0.6) is 0 Å². The van der Waals surface area contributed by atoms with Gasteiger partial charge in [0.25, 0.3) is 0 Å². The van der Waals surface area contributed by atoms with Crippen molar-refractivity contribution in [1.29, 1.82) is 0 Å². The van der Waals surface area contributed by atoms with E-state index in [1.54, 1.807) is 6.20 Å². The van der Waals surface area contributed by atoms with Crippen LogP contribution in [0.25, 0.3) is 11.1 Å². The van der Waals surface area contributed by atoms with Crippen molar-refractivity contribution in [2.45, 2.75) is 25.2 Å². The molecule has 0 aromatic carbocycles. The second kappa shape index (κ2) is 3.62. The van der Waals surface area contributed by atoms with E-state index in [9.17, 15) is 0 Å². The maximum atomic E-state index is 6.02. The van der Waals surface area contributed by atoms with Crippen LogP contribution in [-0.4, -0.2) is 10.1 Å². The molecule has 0 aliphatic heterocycles. The molecule has 5 rings (SSSR count). The third kappa shape index (κ3) is 1.27. The standard InChI is InChI=1S/C16H17N3O/c17-16-13(10-2-1-5-18-7-10)15(19-20-16)14-11-8-3-4-9(6-8)12(11)14/h1-2,5,7-9,11-12,14H,3-4,6,17H2. The van der Waals surface area contributed by atoms with Crippen LogP contribution in [0.4, 0.5) is 5.88 Å². The number of pyridine rings is 1. The van der Waals surface area contributed by atoms with Crippen LogP contribution in [-0.2, 0) is 0 Å². The lowest BCUT2D eigenvalue weighted by Gasteiger charge is -2.07. The topological polar surface area (TPSA) is 64.9 Å². The van der Waals surface area contributed by atoms with Gasteiger partial charge >= 0.3 is 0 Å². The Morgan fingerprint density at radius 2 is 2.00 bits per heavy atom. The van der Waals surface area contributed by atoms with Crippen molar-refractivity contribution in [3.63, 3.8) is 0 Å². The van der Waals surface area contributed by atoms with E-state index in [1.165, 1.54) is 19.3 Å². The molecule has 3 saturated carbocycles. The first-order valence-electron chi connectivity index (χ1n) is 7.50. The summed E-state index contributed by atoms with van der Waals surface area (Å²) in [6.45, 7) is 0. The Morgan fingerprint density at radius 3 is 2.70 bits per heavy atom. The molecule has 2 bridgehead atoms. The van der Waals surface area contributed by atoms with Gasteiger partial charge in [-0.2, -0.15) is 0 Å². The normalized spacial score (nSPS) is 37.1. The highest BCUT2D eigenvalue weighted by molar-refractivity contribution is 5.75. The third-order valence-electron chi connectivity index (χ3n) is 5.75. The van der Waals surface area contributed by atoms with E-state index >= 15 is 0 Å². The third-order valence-corrected chi connectivity index (χ3v) is 5.75. The Morgan fingerprint density at radius 1 is 1.20 bits per heavy atom. The summed E-state index contributed by atoms with van der Waals surface area (Å²) in [5.41, 5.74) is 9.11. The molecular formula is C16H17N3O. The van der Waals surface area contributed by atoms with Crippen molar-refractivity contribution in [1.82, 2.24) is 10.1 Å². The molecule has 4 heteroatoms. The van der Waals surface area contributed by atoms with Gasteiger partial charge in [-0.1, -0.05) is 11.2 Å². The van der Waals surface area contributed by atoms with Gasteiger partial charge in [-0.05, 0) is 49.0 Å². The van der Waals surface area contributed by atoms with Crippen molar-refractivity contribution in [2.24, 2.45) is 23.7 Å². The molecule has 0 amide bonds. The predicted molar refractivity (Wildman–Crippen MR) is 74.7 cm³/mol. The van der Waals surface area contributed by atoms with E-state index in [1.807, 2.05) is 18.3 Å². The van der Waals surface area contributed by atoms with Gasteiger partial charge in [-0.25, -0.2) is 0 Å². The van der Waals surface area contributed by atoms with Crippen molar-refractivity contribution >= 4 is 5.88 Å². The molecule has 4 unspecified atom stereocenters. The lowest BCUT2D eigenvalue weighted by Crippen LogP contribution is -1.99. The summed E-state index contributed by atoms with van der Waals surface area (Å²) in [4.78, 5) is 4.19. The van der Waals surface area contributed by atoms with Gasteiger partial charge in [0, 0.05) is 23.9 Å². The summed E-state index contributed by atoms with van der Waals surface area (Å²) < 4.78 is 5.31. The zero-order valence-electron chi connectivity index (χ0n) is 11.2. The summed E-state index contributed by atoms with van der Waals surface area (Å²) in [5, 5.41) is 4.31. The Bertz CT molecular complexity index is 650. The summed E-state index contributed by atoms with van der Waals surface area (Å²) in [6, 6.07) is 3.97. The Kier molecular flexibility index (Phi) is 1.97. The fourth-order valence-corrected chi connectivity index (χ4v) is 5.03. The van der Waals surface area contributed by atoms with Gasteiger partial charge in [0.05, 0.1) is 11.3 Å². The van der Waals surface area contributed by atoms with E-state index in [4.69, 9.17) is 10.3 Å². The number of fused-ring (bicyclic) bond motifs is 5. The molecule has 20 heavy (non-hydrogen) atoms. The van der Waals surface area contributed by atoms with Crippen molar-refractivity contribution in [2.75, 3.05) is 5.73 Å². The Hall–Kier alpha value is -1.84. The molecule has 0 spiro atoms. The van der Waals surface area contributed by atoms with Crippen LogP contribution in [0.2, 0.25) is 0 Å². The minimum Gasteiger partial charge on any atom is -0.367 e. The first-order valence-corrected chi connectivity index (χ1v) is 7.50. The molecule has 3 aliphatic carbocycles.